The van der Waals surface area contributed by atoms with Crippen molar-refractivity contribution in [3.05, 3.63) is 0 Å². The molecule has 0 aromatic heterocycles. The van der Waals surface area contributed by atoms with Crippen LogP contribution in [0.4, 0.5) is 0 Å². The zero-order valence-corrected chi connectivity index (χ0v) is 8.17. The van der Waals surface area contributed by atoms with Crippen LogP contribution in [0.2, 0.25) is 0 Å². The minimum Gasteiger partial charge on any atom is -0.412 e. The molecule has 0 aromatic rings. The highest BCUT2D eigenvalue weighted by Crippen LogP contribution is 2.20. The van der Waals surface area contributed by atoms with Crippen LogP contribution in [-0.4, -0.2) is 72.7 Å². The van der Waals surface area contributed by atoms with Gasteiger partial charge in [-0.05, 0) is 13.8 Å². The molecule has 4 atom stereocenters. The largest absolute Gasteiger partial charge is 0.412 e. The number of hydrogen-bond donors (Lipinski definition) is 6. The first-order valence-electron chi connectivity index (χ1n) is 5.34. The molecule has 0 bridgehead atoms. The first-order valence-corrected chi connectivity index (χ1v) is 3.92. The molecular weight excluding hydrogens is 208 g/mol. The average Bonchev–Trinajstić information content (AvgIpc) is 2.34. The predicted molar refractivity (Wildman–Crippen MR) is 51.0 cm³/mol. The van der Waals surface area contributed by atoms with E-state index >= 15 is 0 Å². The summed E-state index contributed by atoms with van der Waals surface area (Å²) in [5.41, 5.74) is -4.62. The van der Waals surface area contributed by atoms with Gasteiger partial charge >= 0.3 is 0 Å². The molecule has 0 amide bonds. The maximum Gasteiger partial charge on any atom is 0.113 e. The fraction of sp³-hybridized carbons (Fsp3) is 1.00. The van der Waals surface area contributed by atoms with E-state index in [0.29, 0.717) is 0 Å². The maximum absolute atomic E-state index is 9.52. The van der Waals surface area contributed by atoms with Crippen molar-refractivity contribution in [3.8, 4) is 0 Å². The Labute approximate surface area is 90.3 Å². The van der Waals surface area contributed by atoms with Crippen LogP contribution >= 0.6 is 0 Å². The topological polar surface area (TPSA) is 153 Å². The lowest BCUT2D eigenvalue weighted by molar-refractivity contribution is -0.193. The Balaban J connectivity index is 0. The van der Waals surface area contributed by atoms with Crippen LogP contribution in [0.3, 0.4) is 0 Å². The molecule has 15 heavy (non-hydrogen) atoms. The second kappa shape index (κ2) is 5.71. The average molecular weight is 230 g/mol. The highest BCUT2D eigenvalue weighted by molar-refractivity contribution is 4.94. The summed E-state index contributed by atoms with van der Waals surface area (Å²) in [6.45, 7) is -3.59. The molecule has 0 aliphatic rings. The smallest absolute Gasteiger partial charge is 0.113 e. The first kappa shape index (κ1) is 12.8. The number of aliphatic hydroxyl groups is 6. The minimum atomic E-state index is -2.31. The Bertz CT molecular complexity index is 186. The van der Waals surface area contributed by atoms with E-state index in [9.17, 15) is 20.4 Å². The van der Waals surface area contributed by atoms with Crippen LogP contribution in [0, 0.1) is 0 Å². The number of rotatable bonds is 5. The lowest BCUT2D eigenvalue weighted by Crippen LogP contribution is -2.58. The van der Waals surface area contributed by atoms with Crippen molar-refractivity contribution in [2.45, 2.75) is 37.2 Å². The van der Waals surface area contributed by atoms with Gasteiger partial charge in [0.05, 0.1) is 13.2 Å². The lowest BCUT2D eigenvalue weighted by atomic mass is 9.86. The SMILES string of the molecule is O.[2H]C[C@@](O)(CO)[C@@H](O)[C@H](O)[C@](O)(C[2H])CO. The van der Waals surface area contributed by atoms with E-state index < -0.39 is 50.4 Å². The van der Waals surface area contributed by atoms with Gasteiger partial charge in [-0.2, -0.15) is 0 Å². The van der Waals surface area contributed by atoms with Gasteiger partial charge in [-0.25, -0.2) is 0 Å². The van der Waals surface area contributed by atoms with Gasteiger partial charge in [0.2, 0.25) is 0 Å². The van der Waals surface area contributed by atoms with E-state index in [0.717, 1.165) is 0 Å². The molecule has 8 N–H and O–H groups in total. The molecule has 7 nitrogen and oxygen atoms in total. The lowest BCUT2D eigenvalue weighted by Gasteiger charge is -2.36. The molecule has 0 rings (SSSR count). The molecule has 0 fully saturated rings. The van der Waals surface area contributed by atoms with Gasteiger partial charge in [0.1, 0.15) is 23.4 Å². The van der Waals surface area contributed by atoms with E-state index in [1.165, 1.54) is 0 Å². The zero-order valence-electron chi connectivity index (χ0n) is 10.2. The summed E-state index contributed by atoms with van der Waals surface area (Å²) >= 11 is 0. The van der Waals surface area contributed by atoms with Gasteiger partial charge in [-0.3, -0.25) is 0 Å². The van der Waals surface area contributed by atoms with Crippen molar-refractivity contribution in [3.63, 3.8) is 0 Å². The van der Waals surface area contributed by atoms with Gasteiger partial charge in [-0.15, -0.1) is 0 Å². The summed E-state index contributed by atoms with van der Waals surface area (Å²) in [6.07, 6.45) is -4.09. The quantitative estimate of drug-likeness (QED) is 0.286. The normalized spacial score (nSPS) is 24.9. The summed E-state index contributed by atoms with van der Waals surface area (Å²) in [7, 11) is 0. The van der Waals surface area contributed by atoms with Crippen LogP contribution < -0.4 is 0 Å². The van der Waals surface area contributed by atoms with Gasteiger partial charge in [-0.1, -0.05) is 0 Å². The fourth-order valence-electron chi connectivity index (χ4n) is 0.775. The molecule has 0 aromatic carbocycles. The van der Waals surface area contributed by atoms with Gasteiger partial charge in [0, 0.05) is 2.74 Å². The van der Waals surface area contributed by atoms with Crippen LogP contribution in [0.5, 0.6) is 0 Å². The molecule has 0 heterocycles. The van der Waals surface area contributed by atoms with Crippen molar-refractivity contribution < 1.29 is 38.9 Å². The monoisotopic (exact) mass is 230 g/mol. The van der Waals surface area contributed by atoms with Crippen molar-refractivity contribution >= 4 is 0 Å². The summed E-state index contributed by atoms with van der Waals surface area (Å²) in [5, 5.41) is 55.6. The zero-order chi connectivity index (χ0) is 13.0. The molecule has 0 saturated heterocycles. The van der Waals surface area contributed by atoms with E-state index in [1.54, 1.807) is 0 Å². The van der Waals surface area contributed by atoms with E-state index in [2.05, 4.69) is 0 Å². The summed E-state index contributed by atoms with van der Waals surface area (Å²) in [6, 6.07) is 0. The third kappa shape index (κ3) is 3.99. The Hall–Kier alpha value is -0.280. The van der Waals surface area contributed by atoms with Gasteiger partial charge in [0.15, 0.2) is 0 Å². The molecule has 0 aliphatic carbocycles. The fourth-order valence-corrected chi connectivity index (χ4v) is 0.775. The van der Waals surface area contributed by atoms with E-state index in [4.69, 9.17) is 13.0 Å². The number of aliphatic hydroxyl groups excluding tert-OH is 4. The molecule has 94 valence electrons. The standard InChI is InChI=1S/C8H18O6.H2O/c1-7(13,3-9)5(11)6(12)8(2,14)4-10;/h5-6,9-14H,3-4H2,1-2H3;1H2/t5-,6-,7-,8+;/m0./s1/i1D,2D;. The second-order valence-corrected chi connectivity index (χ2v) is 3.41. The molecule has 0 radical (unpaired) electrons. The molecular formula is C8H20O7. The summed E-state index contributed by atoms with van der Waals surface area (Å²) in [5.74, 6) is 0. The van der Waals surface area contributed by atoms with Crippen LogP contribution in [0.1, 0.15) is 16.5 Å². The van der Waals surface area contributed by atoms with Gasteiger partial charge < -0.3 is 36.1 Å². The maximum atomic E-state index is 9.52. The van der Waals surface area contributed by atoms with Crippen LogP contribution in [0.15, 0.2) is 0 Å². The van der Waals surface area contributed by atoms with Crippen LogP contribution in [0.25, 0.3) is 0 Å². The van der Waals surface area contributed by atoms with E-state index in [-0.39, 0.29) is 5.48 Å². The minimum absolute atomic E-state index is 0. The number of hydrogen-bond acceptors (Lipinski definition) is 6. The summed E-state index contributed by atoms with van der Waals surface area (Å²) < 4.78 is 13.9. The second-order valence-electron chi connectivity index (χ2n) is 3.41. The van der Waals surface area contributed by atoms with Crippen molar-refractivity contribution in [2.24, 2.45) is 0 Å². The van der Waals surface area contributed by atoms with Crippen LogP contribution in [-0.2, 0) is 0 Å². The van der Waals surface area contributed by atoms with E-state index in [1.807, 2.05) is 0 Å². The van der Waals surface area contributed by atoms with Crippen molar-refractivity contribution in [2.75, 3.05) is 13.2 Å². The Morgan fingerprint density at radius 1 is 1.00 bits per heavy atom. The third-order valence-corrected chi connectivity index (χ3v) is 1.95. The molecule has 7 heteroatoms. The summed E-state index contributed by atoms with van der Waals surface area (Å²) in [4.78, 5) is 0. The molecule has 0 saturated carbocycles. The Kier molecular flexibility index (Phi) is 4.87. The molecule has 0 aliphatic heterocycles. The van der Waals surface area contributed by atoms with Crippen molar-refractivity contribution in [1.82, 2.24) is 0 Å². The third-order valence-electron chi connectivity index (χ3n) is 1.95. The molecule has 0 spiro atoms. The molecule has 0 unspecified atom stereocenters. The Morgan fingerprint density at radius 2 is 1.27 bits per heavy atom. The van der Waals surface area contributed by atoms with Gasteiger partial charge in [0.25, 0.3) is 0 Å². The van der Waals surface area contributed by atoms with Crippen molar-refractivity contribution in [1.29, 1.82) is 0 Å². The highest BCUT2D eigenvalue weighted by Gasteiger charge is 2.43. The predicted octanol–water partition coefficient (Wildman–Crippen LogP) is -3.63. The highest BCUT2D eigenvalue weighted by atomic mass is 16.4. The Morgan fingerprint density at radius 3 is 1.40 bits per heavy atom. The first-order chi connectivity index (χ1) is 7.31.